The molecule has 116 valence electrons. The maximum absolute atomic E-state index is 12.3. The molecule has 1 atom stereocenters. The molecule has 1 unspecified atom stereocenters. The predicted molar refractivity (Wildman–Crippen MR) is 81.4 cm³/mol. The van der Waals surface area contributed by atoms with Crippen molar-refractivity contribution < 1.29 is 9.53 Å². The molecule has 0 aliphatic carbocycles. The maximum Gasteiger partial charge on any atom is 0.253 e. The van der Waals surface area contributed by atoms with E-state index in [1.54, 1.807) is 15.8 Å². The van der Waals surface area contributed by atoms with Gasteiger partial charge in [-0.1, -0.05) is 0 Å². The van der Waals surface area contributed by atoms with Gasteiger partial charge in [-0.15, -0.1) is 24.8 Å². The highest BCUT2D eigenvalue weighted by molar-refractivity contribution is 5.85. The van der Waals surface area contributed by atoms with Gasteiger partial charge in [-0.05, 0) is 6.92 Å². The van der Waals surface area contributed by atoms with Crippen molar-refractivity contribution in [2.45, 2.75) is 19.6 Å². The zero-order valence-corrected chi connectivity index (χ0v) is 13.4. The summed E-state index contributed by atoms with van der Waals surface area (Å²) in [5.74, 6) is 0.0496. The fraction of sp³-hybridized carbons (Fsp3) is 0.667. The molecule has 2 heterocycles. The van der Waals surface area contributed by atoms with Gasteiger partial charge in [-0.3, -0.25) is 9.48 Å². The average Bonchev–Trinajstić information content (AvgIpc) is 2.82. The highest BCUT2D eigenvalue weighted by Gasteiger charge is 2.26. The molecule has 1 aliphatic heterocycles. The highest BCUT2D eigenvalue weighted by atomic mass is 35.5. The summed E-state index contributed by atoms with van der Waals surface area (Å²) in [4.78, 5) is 14.1. The van der Waals surface area contributed by atoms with Crippen LogP contribution in [0.15, 0.2) is 12.4 Å². The largest absolute Gasteiger partial charge is 0.366 e. The van der Waals surface area contributed by atoms with E-state index in [9.17, 15) is 4.79 Å². The van der Waals surface area contributed by atoms with Gasteiger partial charge in [0.05, 0.1) is 12.8 Å². The Hall–Kier alpha value is -0.820. The zero-order chi connectivity index (χ0) is 13.0. The van der Waals surface area contributed by atoms with E-state index in [-0.39, 0.29) is 36.8 Å². The van der Waals surface area contributed by atoms with Crippen molar-refractivity contribution in [1.82, 2.24) is 20.0 Å². The molecule has 8 heteroatoms. The number of halogens is 2. The molecular weight excluding hydrogens is 303 g/mol. The number of hydrogen-bond acceptors (Lipinski definition) is 4. The van der Waals surface area contributed by atoms with Crippen LogP contribution < -0.4 is 5.32 Å². The molecule has 0 aromatic carbocycles. The van der Waals surface area contributed by atoms with Crippen LogP contribution in [0.3, 0.4) is 0 Å². The molecule has 0 spiro atoms. The molecule has 1 aromatic heterocycles. The van der Waals surface area contributed by atoms with Crippen LogP contribution in [0.2, 0.25) is 0 Å². The molecule has 1 fully saturated rings. The van der Waals surface area contributed by atoms with Crippen LogP contribution in [0.1, 0.15) is 12.5 Å². The van der Waals surface area contributed by atoms with Gasteiger partial charge in [0.15, 0.2) is 0 Å². The third-order valence-electron chi connectivity index (χ3n) is 3.03. The standard InChI is InChI=1S/C12H20N4O2.2ClH/c1-3-16(9-10-6-14-15(2)8-10)12(17)11-7-13-4-5-18-11;;/h6,8,11,13H,3-5,7,9H2,1-2H3;2*1H. The summed E-state index contributed by atoms with van der Waals surface area (Å²) < 4.78 is 7.23. The Balaban J connectivity index is 0.00000180. The molecule has 1 aromatic rings. The summed E-state index contributed by atoms with van der Waals surface area (Å²) in [7, 11) is 1.87. The van der Waals surface area contributed by atoms with Crippen molar-refractivity contribution in [2.24, 2.45) is 7.05 Å². The van der Waals surface area contributed by atoms with Gasteiger partial charge in [0.25, 0.3) is 5.91 Å². The molecule has 0 radical (unpaired) electrons. The Bertz CT molecular complexity index is 408. The minimum Gasteiger partial charge on any atom is -0.366 e. The SMILES string of the molecule is CCN(Cc1cnn(C)c1)C(=O)C1CNCCO1.Cl.Cl. The number of nitrogens with zero attached hydrogens (tertiary/aromatic N) is 3. The topological polar surface area (TPSA) is 59.4 Å². The third kappa shape index (κ3) is 4.94. The number of likely N-dealkylation sites (N-methyl/N-ethyl adjacent to an activating group) is 1. The molecule has 1 saturated heterocycles. The molecule has 20 heavy (non-hydrogen) atoms. The summed E-state index contributed by atoms with van der Waals surface area (Å²) in [5, 5.41) is 7.28. The molecule has 1 aliphatic rings. The van der Waals surface area contributed by atoms with E-state index in [0.29, 0.717) is 26.2 Å². The number of morpholine rings is 1. The second kappa shape index (κ2) is 9.18. The van der Waals surface area contributed by atoms with Gasteiger partial charge in [0, 0.05) is 45.0 Å². The predicted octanol–water partition coefficient (Wildman–Crippen LogP) is 0.601. The zero-order valence-electron chi connectivity index (χ0n) is 11.7. The van der Waals surface area contributed by atoms with Crippen LogP contribution in [-0.2, 0) is 23.1 Å². The Morgan fingerprint density at radius 2 is 2.35 bits per heavy atom. The summed E-state index contributed by atoms with van der Waals surface area (Å²) in [6.07, 6.45) is 3.36. The van der Waals surface area contributed by atoms with Gasteiger partial charge in [-0.25, -0.2) is 0 Å². The van der Waals surface area contributed by atoms with Crippen molar-refractivity contribution in [2.75, 3.05) is 26.2 Å². The van der Waals surface area contributed by atoms with Crippen molar-refractivity contribution in [3.8, 4) is 0 Å². The summed E-state index contributed by atoms with van der Waals surface area (Å²) in [5.41, 5.74) is 1.04. The van der Waals surface area contributed by atoms with Crippen molar-refractivity contribution in [3.63, 3.8) is 0 Å². The first-order valence-corrected chi connectivity index (χ1v) is 6.29. The number of aryl methyl sites for hydroxylation is 1. The Kier molecular flexibility index (Phi) is 8.80. The van der Waals surface area contributed by atoms with E-state index in [4.69, 9.17) is 4.74 Å². The molecular formula is C12H22Cl2N4O2. The van der Waals surface area contributed by atoms with Gasteiger partial charge in [0.2, 0.25) is 0 Å². The quantitative estimate of drug-likeness (QED) is 0.881. The summed E-state index contributed by atoms with van der Waals surface area (Å²) >= 11 is 0. The van der Waals surface area contributed by atoms with Crippen LogP contribution in [0, 0.1) is 0 Å². The van der Waals surface area contributed by atoms with Gasteiger partial charge in [0.1, 0.15) is 6.10 Å². The lowest BCUT2D eigenvalue weighted by Crippen LogP contribution is -2.49. The lowest BCUT2D eigenvalue weighted by Gasteiger charge is -2.28. The molecule has 1 amide bonds. The van der Waals surface area contributed by atoms with Gasteiger partial charge in [-0.2, -0.15) is 5.10 Å². The smallest absolute Gasteiger partial charge is 0.253 e. The molecule has 0 saturated carbocycles. The second-order valence-electron chi connectivity index (χ2n) is 4.44. The lowest BCUT2D eigenvalue weighted by molar-refractivity contribution is -0.145. The third-order valence-corrected chi connectivity index (χ3v) is 3.03. The lowest BCUT2D eigenvalue weighted by atomic mass is 10.2. The fourth-order valence-electron chi connectivity index (χ4n) is 2.05. The number of rotatable bonds is 4. The number of carbonyl (C=O) groups is 1. The van der Waals surface area contributed by atoms with E-state index < -0.39 is 0 Å². The Morgan fingerprint density at radius 1 is 1.60 bits per heavy atom. The van der Waals surface area contributed by atoms with Gasteiger partial charge < -0.3 is 15.0 Å². The van der Waals surface area contributed by atoms with Crippen molar-refractivity contribution in [1.29, 1.82) is 0 Å². The van der Waals surface area contributed by atoms with Crippen LogP contribution in [-0.4, -0.2) is 52.9 Å². The van der Waals surface area contributed by atoms with E-state index in [1.165, 1.54) is 0 Å². The van der Waals surface area contributed by atoms with Crippen molar-refractivity contribution >= 4 is 30.7 Å². The van der Waals surface area contributed by atoms with E-state index in [0.717, 1.165) is 12.1 Å². The highest BCUT2D eigenvalue weighted by Crippen LogP contribution is 2.08. The fourth-order valence-corrected chi connectivity index (χ4v) is 2.05. The second-order valence-corrected chi connectivity index (χ2v) is 4.44. The number of hydrogen-bond donors (Lipinski definition) is 1. The number of ether oxygens (including phenoxy) is 1. The molecule has 0 bridgehead atoms. The summed E-state index contributed by atoms with van der Waals surface area (Å²) in [6.45, 7) is 5.25. The maximum atomic E-state index is 12.3. The van der Waals surface area contributed by atoms with Crippen LogP contribution in [0.4, 0.5) is 0 Å². The Labute approximate surface area is 131 Å². The van der Waals surface area contributed by atoms with E-state index >= 15 is 0 Å². The average molecular weight is 325 g/mol. The van der Waals surface area contributed by atoms with Crippen LogP contribution in [0.25, 0.3) is 0 Å². The number of amides is 1. The first-order valence-electron chi connectivity index (χ1n) is 6.29. The van der Waals surface area contributed by atoms with E-state index in [2.05, 4.69) is 10.4 Å². The minimum atomic E-state index is -0.352. The normalized spacial score (nSPS) is 17.8. The van der Waals surface area contributed by atoms with E-state index in [1.807, 2.05) is 20.2 Å². The first kappa shape index (κ1) is 19.2. The first-order chi connectivity index (χ1) is 8.70. The molecule has 6 nitrogen and oxygen atoms in total. The van der Waals surface area contributed by atoms with Gasteiger partial charge >= 0.3 is 0 Å². The van der Waals surface area contributed by atoms with Crippen LogP contribution in [0.5, 0.6) is 0 Å². The molecule has 2 rings (SSSR count). The number of nitrogens with one attached hydrogen (secondary N) is 1. The van der Waals surface area contributed by atoms with Crippen molar-refractivity contribution in [3.05, 3.63) is 18.0 Å². The van der Waals surface area contributed by atoms with Crippen LogP contribution >= 0.6 is 24.8 Å². The number of carbonyl (C=O) groups excluding carboxylic acids is 1. The number of aromatic nitrogens is 2. The summed E-state index contributed by atoms with van der Waals surface area (Å²) in [6, 6.07) is 0. The Morgan fingerprint density at radius 3 is 2.85 bits per heavy atom. The monoisotopic (exact) mass is 324 g/mol. The minimum absolute atomic E-state index is 0. The molecule has 1 N–H and O–H groups in total.